The first-order valence-electron chi connectivity index (χ1n) is 41.4. The maximum Gasteiger partial charge on any atom is 1.00 e. The van der Waals surface area contributed by atoms with E-state index in [1.807, 2.05) is 0 Å². The van der Waals surface area contributed by atoms with Gasteiger partial charge in [0.1, 0.15) is 125 Å². The van der Waals surface area contributed by atoms with Crippen LogP contribution in [0.5, 0.6) is 0 Å². The van der Waals surface area contributed by atoms with Gasteiger partial charge in [-0.3, -0.25) is 85.8 Å². The molecule has 6 fully saturated rings. The van der Waals surface area contributed by atoms with Gasteiger partial charge < -0.3 is 70.5 Å². The number of rotatable bonds is 18. The van der Waals surface area contributed by atoms with Crippen molar-refractivity contribution in [1.82, 2.24) is 99.0 Å². The van der Waals surface area contributed by atoms with Crippen molar-refractivity contribution < 1.29 is 121 Å². The molecule has 2 aliphatic carbocycles. The molecule has 8 aromatic heterocycles. The summed E-state index contributed by atoms with van der Waals surface area (Å²) in [7, 11) is 0. The Kier molecular flexibility index (Phi) is 32.2. The summed E-state index contributed by atoms with van der Waals surface area (Å²) in [6.45, 7) is 8.44. The van der Waals surface area contributed by atoms with Crippen LogP contribution in [-0.4, -0.2) is 223 Å². The molecular weight excluding hydrogens is 1940 g/mol. The van der Waals surface area contributed by atoms with E-state index in [-0.39, 0.29) is 237 Å². The Hall–Kier alpha value is -9.74. The Balaban J connectivity index is 0.000000153. The molecule has 133 heavy (non-hydrogen) atoms. The van der Waals surface area contributed by atoms with Crippen LogP contribution in [0.4, 0.5) is 98.7 Å². The fourth-order valence-electron chi connectivity index (χ4n) is 17.3. The molecule has 4 spiro atoms. The number of alkyl halides is 8. The SMILES string of the molecule is Cc1cc(Br)c(=O)n2c1C(=O)NC21CCN(CC(F)F)CC1.Cc1cc(Nc2ncnc(N)c2Cl)c(=O)n2c1C(=O)NC21CCN(CC(F)F)CC1.Cc1cc(Nc2ncnc(N)c2Cl)c(=O)n2c1C(=O)NC21CCN(CC(F)F)CC1.Cc1cc(Nc2ncnc(NC(=O)C3CC3)c2Cl)c(=O)n2c1C(=O)NC21CCN(CC(F)F)CC1.Nc1ncnc(NC(=O)C2CC2)c1Cl.[K+].[OH-]. The molecule has 0 bridgehead atoms. The molecule has 16 heterocycles. The van der Waals surface area contributed by atoms with Crippen LogP contribution in [-0.2, 0) is 32.2 Å². The number of likely N-dealkylation sites (tertiary alicyclic amines) is 4. The number of carbonyl (C=O) groups excluding carboxylic acids is 6. The summed E-state index contributed by atoms with van der Waals surface area (Å²) in [5, 5.41) is 26.0. The number of nitrogens with one attached hydrogen (secondary N) is 9. The summed E-state index contributed by atoms with van der Waals surface area (Å²) in [6.07, 6.45) is 1.57. The van der Waals surface area contributed by atoms with Gasteiger partial charge in [0.25, 0.3) is 71.6 Å². The third-order valence-electron chi connectivity index (χ3n) is 24.2. The number of nitrogens with zero attached hydrogens (tertiary/aromatic N) is 16. The van der Waals surface area contributed by atoms with E-state index in [1.54, 1.807) is 71.6 Å². The van der Waals surface area contributed by atoms with Gasteiger partial charge in [0.15, 0.2) is 29.1 Å². The fourth-order valence-corrected chi connectivity index (χ4v) is 18.5. The molecule has 10 aliphatic rings. The van der Waals surface area contributed by atoms with Gasteiger partial charge in [-0.25, -0.2) is 75.0 Å². The van der Waals surface area contributed by atoms with Crippen LogP contribution in [0.2, 0.25) is 20.1 Å². The van der Waals surface area contributed by atoms with Crippen molar-refractivity contribution in [1.29, 1.82) is 0 Å². The summed E-state index contributed by atoms with van der Waals surface area (Å²) in [4.78, 5) is 164. The summed E-state index contributed by atoms with van der Waals surface area (Å²) < 4.78 is 108. The third kappa shape index (κ3) is 21.9. The smallest absolute Gasteiger partial charge is 0.870 e. The number of hydrogen-bond donors (Lipinski definition) is 12. The normalized spacial score (nSPS) is 18.1. The number of hydrogen-bond acceptors (Lipinski definition) is 29. The number of halogens is 13. The number of amides is 6. The second-order valence-corrected chi connectivity index (χ2v) is 35.5. The van der Waals surface area contributed by atoms with Crippen LogP contribution < -0.4 is 139 Å². The number of piperidine rings is 4. The zero-order valence-corrected chi connectivity index (χ0v) is 79.6. The number of aromatic nitrogens is 12. The first-order chi connectivity index (χ1) is 62.1. The Morgan fingerprint density at radius 2 is 0.617 bits per heavy atom. The maximum atomic E-state index is 13.6. The Labute approximate surface area is 822 Å². The van der Waals surface area contributed by atoms with Gasteiger partial charge in [-0.05, 0) is 116 Å². The van der Waals surface area contributed by atoms with Crippen LogP contribution >= 0.6 is 62.3 Å². The molecule has 8 aromatic rings. The average Bonchev–Trinajstić information content (AvgIpc) is 1.58. The molecule has 708 valence electrons. The first-order valence-corrected chi connectivity index (χ1v) is 43.7. The molecule has 0 aromatic carbocycles. The number of nitrogen functional groups attached to an aromatic ring is 3. The quantitative estimate of drug-likeness (QED) is 0.0379. The van der Waals surface area contributed by atoms with Crippen molar-refractivity contribution in [2.24, 2.45) is 11.8 Å². The predicted molar refractivity (Wildman–Crippen MR) is 474 cm³/mol. The van der Waals surface area contributed by atoms with Gasteiger partial charge in [0.2, 0.25) is 11.8 Å². The molecule has 6 amide bonds. The number of anilines is 11. The van der Waals surface area contributed by atoms with Crippen LogP contribution in [0.15, 0.2) is 73.2 Å². The molecule has 8 aliphatic heterocycles. The number of nitrogens with two attached hydrogens (primary N) is 3. The Bertz CT molecular complexity index is 5920. The second-order valence-electron chi connectivity index (χ2n) is 33.1. The van der Waals surface area contributed by atoms with E-state index in [4.69, 9.17) is 63.6 Å². The van der Waals surface area contributed by atoms with E-state index in [2.05, 4.69) is 104 Å². The van der Waals surface area contributed by atoms with Crippen molar-refractivity contribution in [3.05, 3.63) is 161 Å². The van der Waals surface area contributed by atoms with E-state index in [1.165, 1.54) is 43.6 Å². The Morgan fingerprint density at radius 3 is 0.880 bits per heavy atom. The minimum Gasteiger partial charge on any atom is -0.870 e. The van der Waals surface area contributed by atoms with Crippen molar-refractivity contribution in [3.63, 3.8) is 0 Å². The molecule has 39 nitrogen and oxygen atoms in total. The third-order valence-corrected chi connectivity index (χ3v) is 26.2. The van der Waals surface area contributed by atoms with Gasteiger partial charge >= 0.3 is 51.4 Å². The molecule has 0 atom stereocenters. The fraction of sp³-hybridized carbons (Fsp3) is 0.475. The molecule has 0 unspecified atom stereocenters. The van der Waals surface area contributed by atoms with Crippen LogP contribution in [0.1, 0.15) is 141 Å². The summed E-state index contributed by atoms with van der Waals surface area (Å²) in [5.74, 6) is -0.340. The summed E-state index contributed by atoms with van der Waals surface area (Å²) in [5.41, 5.74) is 15.6. The van der Waals surface area contributed by atoms with Crippen molar-refractivity contribution in [3.8, 4) is 0 Å². The molecule has 2 saturated carbocycles. The number of pyridine rings is 4. The molecule has 18 rings (SSSR count). The number of carbonyl (C=O) groups is 6. The molecule has 0 radical (unpaired) electrons. The maximum absolute atomic E-state index is 13.6. The Morgan fingerprint density at radius 1 is 0.391 bits per heavy atom. The summed E-state index contributed by atoms with van der Waals surface area (Å²) in [6, 6.07) is 6.28. The molecule has 4 saturated heterocycles. The topological polar surface area (TPSA) is 523 Å². The van der Waals surface area contributed by atoms with E-state index in [0.29, 0.717) is 131 Å². The first kappa shape index (κ1) is 102. The van der Waals surface area contributed by atoms with E-state index in [0.717, 1.165) is 31.2 Å². The van der Waals surface area contributed by atoms with Crippen molar-refractivity contribution in [2.45, 2.75) is 153 Å². The number of aryl methyl sites for hydroxylation is 4. The van der Waals surface area contributed by atoms with Crippen molar-refractivity contribution >= 4 is 161 Å². The molecular formula is C80H90BrCl4F8KN28O11. The monoisotopic (exact) mass is 2030 g/mol. The van der Waals surface area contributed by atoms with Crippen LogP contribution in [0.3, 0.4) is 0 Å². The van der Waals surface area contributed by atoms with E-state index in [9.17, 15) is 83.1 Å². The minimum absolute atomic E-state index is 0. The second kappa shape index (κ2) is 41.8. The van der Waals surface area contributed by atoms with Gasteiger partial charge in [0, 0.05) is 116 Å². The molecule has 53 heteroatoms. The predicted octanol–water partition coefficient (Wildman–Crippen LogP) is 5.38. The van der Waals surface area contributed by atoms with E-state index >= 15 is 0 Å². The minimum atomic E-state index is -2.45. The van der Waals surface area contributed by atoms with Crippen LogP contribution in [0.25, 0.3) is 0 Å². The van der Waals surface area contributed by atoms with E-state index < -0.39 is 65.0 Å². The van der Waals surface area contributed by atoms with Gasteiger partial charge in [-0.2, -0.15) is 0 Å². The largest absolute Gasteiger partial charge is 1.00 e. The molecule has 16 N–H and O–H groups in total. The number of fused-ring (bicyclic) bond motifs is 8. The van der Waals surface area contributed by atoms with Crippen LogP contribution in [0, 0.1) is 39.5 Å². The average molecular weight is 2030 g/mol. The van der Waals surface area contributed by atoms with Gasteiger partial charge in [0.05, 0.1) is 30.7 Å². The standard InChI is InChI=1S/C22H24ClF2N7O3.2C18H20ClF2N7O2.C14H16BrF2N3O2.C8H9ClN4O.K.H2O/c1-11-8-13(28-17-15(23)18(27-10-26-17)29-19(33)12-2-3-12)21(35)32-16(11)20(34)30-22(32)4-6-31(7-5-22)9-14(24)25;2*1-9-6-10(25-15-12(19)14(22)23-8-24-15)17(30)28-13(9)16(29)26-18(28)2-4-27(5-3-18)7-11(20)21;1-8-6-9(15)13(22)20-11(8)12(21)18-14(20)2-4-19(5-3-14)7-10(16)17;9-5-6(10)11-3-12-7(5)13-8(14)4-1-2-4;;/h8,10,12,14H,2-7,9H2,1H3,(H,30,34)(H2,26,27,28,29,33);2*6,8,11H,2-5,7H2,1H3,(H,26,29)(H3,22,23,24,25);6,10H,2-5,7H2,1H3,(H,18,21);3-4H,1-2H2,(H3,10,11,12,13,14);;1H2/q;;;;;+1;/p-1. The zero-order valence-electron chi connectivity index (χ0n) is 71.9. The zero-order chi connectivity index (χ0) is 94.4. The van der Waals surface area contributed by atoms with Crippen molar-refractivity contribution in [2.75, 3.05) is 122 Å². The summed E-state index contributed by atoms with van der Waals surface area (Å²) >= 11 is 27.7. The van der Waals surface area contributed by atoms with Gasteiger partial charge in [-0.15, -0.1) is 0 Å². The van der Waals surface area contributed by atoms with Gasteiger partial charge in [-0.1, -0.05) is 46.4 Å².